The van der Waals surface area contributed by atoms with Crippen LogP contribution in [0.5, 0.6) is 5.75 Å². The second-order valence-electron chi connectivity index (χ2n) is 6.01. The third kappa shape index (κ3) is 3.96. The molecule has 0 fully saturated rings. The zero-order chi connectivity index (χ0) is 15.2. The number of pyridine rings is 1. The van der Waals surface area contributed by atoms with E-state index < -0.39 is 0 Å². The van der Waals surface area contributed by atoms with Gasteiger partial charge < -0.3 is 9.67 Å². The summed E-state index contributed by atoms with van der Waals surface area (Å²) in [5, 5.41) is 10.1. The van der Waals surface area contributed by atoms with Crippen LogP contribution in [0.3, 0.4) is 0 Å². The monoisotopic (exact) mass is 291 g/mol. The molecular formula is C17H25NO3. The zero-order valence-electron chi connectivity index (χ0n) is 12.9. The highest BCUT2D eigenvalue weighted by Crippen LogP contribution is 2.20. The quantitative estimate of drug-likeness (QED) is 0.797. The van der Waals surface area contributed by atoms with Gasteiger partial charge >= 0.3 is 0 Å². The van der Waals surface area contributed by atoms with Gasteiger partial charge in [-0.15, -0.1) is 0 Å². The number of hydrogen-bond donors (Lipinski definition) is 1. The van der Waals surface area contributed by atoms with Crippen molar-refractivity contribution in [2.24, 2.45) is 7.05 Å². The molecule has 116 valence electrons. The Hall–Kier alpha value is -1.58. The van der Waals surface area contributed by atoms with Crippen LogP contribution in [0, 0.1) is 0 Å². The van der Waals surface area contributed by atoms with Crippen LogP contribution >= 0.6 is 0 Å². The third-order valence-corrected chi connectivity index (χ3v) is 4.37. The van der Waals surface area contributed by atoms with E-state index in [9.17, 15) is 14.7 Å². The van der Waals surface area contributed by atoms with Gasteiger partial charge in [0.15, 0.2) is 5.78 Å². The van der Waals surface area contributed by atoms with Gasteiger partial charge in [0.1, 0.15) is 11.3 Å². The van der Waals surface area contributed by atoms with Gasteiger partial charge in [0, 0.05) is 25.2 Å². The smallest absolute Gasteiger partial charge is 0.265 e. The summed E-state index contributed by atoms with van der Waals surface area (Å²) in [4.78, 5) is 24.5. The summed E-state index contributed by atoms with van der Waals surface area (Å²) >= 11 is 0. The number of carbonyl (C=O) groups excluding carboxylic acids is 1. The lowest BCUT2D eigenvalue weighted by Gasteiger charge is -2.11. The van der Waals surface area contributed by atoms with Crippen molar-refractivity contribution in [3.8, 4) is 5.75 Å². The molecule has 0 aromatic carbocycles. The van der Waals surface area contributed by atoms with Gasteiger partial charge in [0.2, 0.25) is 0 Å². The van der Waals surface area contributed by atoms with E-state index in [1.165, 1.54) is 23.8 Å². The zero-order valence-corrected chi connectivity index (χ0v) is 12.9. The molecule has 0 spiro atoms. The SMILES string of the molecule is Cn1c2cc(O)c(c1=O)C(=O)CCCCCCCCCC2. The van der Waals surface area contributed by atoms with Crippen LogP contribution in [0.25, 0.3) is 0 Å². The molecule has 0 saturated carbocycles. The molecular weight excluding hydrogens is 266 g/mol. The van der Waals surface area contributed by atoms with Gasteiger partial charge in [-0.3, -0.25) is 9.59 Å². The van der Waals surface area contributed by atoms with E-state index in [1.54, 1.807) is 13.1 Å². The lowest BCUT2D eigenvalue weighted by atomic mass is 10.0. The number of aromatic hydroxyl groups is 1. The maximum absolute atomic E-state index is 12.3. The van der Waals surface area contributed by atoms with Crippen molar-refractivity contribution in [3.63, 3.8) is 0 Å². The van der Waals surface area contributed by atoms with Crippen molar-refractivity contribution < 1.29 is 9.90 Å². The predicted molar refractivity (Wildman–Crippen MR) is 82.9 cm³/mol. The number of carbonyl (C=O) groups is 1. The van der Waals surface area contributed by atoms with Gasteiger partial charge in [0.05, 0.1) is 0 Å². The third-order valence-electron chi connectivity index (χ3n) is 4.37. The summed E-state index contributed by atoms with van der Waals surface area (Å²) < 4.78 is 1.52. The van der Waals surface area contributed by atoms with Crippen LogP contribution in [0.1, 0.15) is 73.8 Å². The Morgan fingerprint density at radius 1 is 0.905 bits per heavy atom. The van der Waals surface area contributed by atoms with Gasteiger partial charge in [0.25, 0.3) is 5.56 Å². The fraction of sp³-hybridized carbons (Fsp3) is 0.647. The first kappa shape index (κ1) is 15.8. The number of aromatic nitrogens is 1. The average Bonchev–Trinajstić information content (AvgIpc) is 2.46. The van der Waals surface area contributed by atoms with Crippen molar-refractivity contribution in [2.75, 3.05) is 0 Å². The van der Waals surface area contributed by atoms with Crippen LogP contribution < -0.4 is 5.56 Å². The highest BCUT2D eigenvalue weighted by Gasteiger charge is 2.19. The number of aryl methyl sites for hydroxylation is 1. The molecule has 1 aliphatic heterocycles. The number of nitrogens with zero attached hydrogens (tertiary/aromatic N) is 1. The normalized spacial score (nSPS) is 18.2. The molecule has 2 heterocycles. The summed E-state index contributed by atoms with van der Waals surface area (Å²) in [7, 11) is 1.69. The van der Waals surface area contributed by atoms with Crippen LogP contribution in [0.4, 0.5) is 0 Å². The minimum Gasteiger partial charge on any atom is -0.507 e. The van der Waals surface area contributed by atoms with Crippen molar-refractivity contribution in [2.45, 2.75) is 64.2 Å². The Kier molecular flexibility index (Phi) is 5.59. The second-order valence-corrected chi connectivity index (χ2v) is 6.01. The molecule has 4 heteroatoms. The first-order valence-electron chi connectivity index (χ1n) is 8.06. The molecule has 1 N–H and O–H groups in total. The van der Waals surface area contributed by atoms with Crippen LogP contribution in [0.15, 0.2) is 10.9 Å². The number of fused-ring (bicyclic) bond motifs is 12. The first-order valence-corrected chi connectivity index (χ1v) is 8.06. The summed E-state index contributed by atoms with van der Waals surface area (Å²) in [5.74, 6) is -0.373. The summed E-state index contributed by atoms with van der Waals surface area (Å²) in [5.41, 5.74) is 0.421. The van der Waals surface area contributed by atoms with Gasteiger partial charge in [-0.1, -0.05) is 38.5 Å². The largest absolute Gasteiger partial charge is 0.507 e. The van der Waals surface area contributed by atoms with Crippen LogP contribution in [0.2, 0.25) is 0 Å². The van der Waals surface area contributed by atoms with Crippen molar-refractivity contribution >= 4 is 5.78 Å². The molecule has 0 saturated heterocycles. The summed E-state index contributed by atoms with van der Waals surface area (Å²) in [6.07, 6.45) is 9.94. The Labute approximate surface area is 125 Å². The predicted octanol–water partition coefficient (Wildman–Crippen LogP) is 3.34. The first-order chi connectivity index (χ1) is 10.1. The Morgan fingerprint density at radius 2 is 1.43 bits per heavy atom. The molecule has 0 radical (unpaired) electrons. The van der Waals surface area contributed by atoms with E-state index in [1.807, 2.05) is 0 Å². The lowest BCUT2D eigenvalue weighted by molar-refractivity contribution is 0.0974. The number of hydrogen-bond acceptors (Lipinski definition) is 3. The molecule has 1 aromatic rings. The molecule has 21 heavy (non-hydrogen) atoms. The summed E-state index contributed by atoms with van der Waals surface area (Å²) in [6, 6.07) is 1.59. The molecule has 1 aromatic heterocycles. The molecule has 0 atom stereocenters. The maximum Gasteiger partial charge on any atom is 0.265 e. The van der Waals surface area contributed by atoms with E-state index >= 15 is 0 Å². The minimum absolute atomic E-state index is 0.0314. The Bertz CT molecular complexity index is 560. The van der Waals surface area contributed by atoms with E-state index in [0.717, 1.165) is 44.2 Å². The van der Waals surface area contributed by atoms with E-state index in [-0.39, 0.29) is 22.7 Å². The summed E-state index contributed by atoms with van der Waals surface area (Å²) in [6.45, 7) is 0. The molecule has 3 rings (SSSR count). The Balaban J connectivity index is 2.29. The molecule has 0 unspecified atom stereocenters. The highest BCUT2D eigenvalue weighted by atomic mass is 16.3. The van der Waals surface area contributed by atoms with Gasteiger partial charge in [-0.05, 0) is 19.3 Å². The van der Waals surface area contributed by atoms with E-state index in [2.05, 4.69) is 0 Å². The number of ketones is 1. The minimum atomic E-state index is -0.357. The number of rotatable bonds is 0. The second kappa shape index (κ2) is 7.43. The topological polar surface area (TPSA) is 59.3 Å². The van der Waals surface area contributed by atoms with Crippen molar-refractivity contribution in [1.82, 2.24) is 4.57 Å². The molecule has 1 aliphatic carbocycles. The molecule has 0 amide bonds. The molecule has 2 aliphatic rings. The molecule has 2 bridgehead atoms. The van der Waals surface area contributed by atoms with Crippen molar-refractivity contribution in [3.05, 3.63) is 27.7 Å². The maximum atomic E-state index is 12.3. The fourth-order valence-electron chi connectivity index (χ4n) is 3.01. The van der Waals surface area contributed by atoms with Gasteiger partial charge in [-0.25, -0.2) is 0 Å². The fourth-order valence-corrected chi connectivity index (χ4v) is 3.01. The van der Waals surface area contributed by atoms with Gasteiger partial charge in [-0.2, -0.15) is 0 Å². The number of Topliss-reactive ketones (excluding diaryl/α,β-unsaturated/α-hetero) is 1. The van der Waals surface area contributed by atoms with E-state index in [4.69, 9.17) is 0 Å². The highest BCUT2D eigenvalue weighted by molar-refractivity contribution is 5.98. The standard InChI is InChI=1S/C17H25NO3/c1-18-13-10-8-6-4-2-3-5-7-9-11-14(19)16(17(18)21)15(20)12-13/h12,20H,2-11H2,1H3. The van der Waals surface area contributed by atoms with Crippen LogP contribution in [-0.2, 0) is 13.5 Å². The van der Waals surface area contributed by atoms with Crippen molar-refractivity contribution in [1.29, 1.82) is 0 Å². The molecule has 4 nitrogen and oxygen atoms in total. The van der Waals surface area contributed by atoms with Crippen LogP contribution in [-0.4, -0.2) is 15.5 Å². The lowest BCUT2D eigenvalue weighted by Crippen LogP contribution is -2.26. The van der Waals surface area contributed by atoms with E-state index in [0.29, 0.717) is 6.42 Å². The Morgan fingerprint density at radius 3 is 2.05 bits per heavy atom. The average molecular weight is 291 g/mol.